The van der Waals surface area contributed by atoms with Crippen LogP contribution in [0.25, 0.3) is 0 Å². The molecule has 92 valence electrons. The molecule has 0 spiro atoms. The van der Waals surface area contributed by atoms with Gasteiger partial charge < -0.3 is 10.4 Å². The average Bonchev–Trinajstić information content (AvgIpc) is 2.32. The molecule has 0 atom stereocenters. The summed E-state index contributed by atoms with van der Waals surface area (Å²) in [4.78, 5) is 13.7. The molecular weight excluding hydrogens is 216 g/mol. The number of Topliss-reactive ketones (excluding diaryl/α,β-unsaturated/α-hetero) is 1. The predicted octanol–water partition coefficient (Wildman–Crippen LogP) is 1.000. The van der Waals surface area contributed by atoms with Gasteiger partial charge in [0, 0.05) is 32.7 Å². The van der Waals surface area contributed by atoms with Crippen molar-refractivity contribution in [3.63, 3.8) is 0 Å². The number of phenolic OH excluding ortho intramolecular Hbond substituents is 1. The largest absolute Gasteiger partial charge is 0.507 e. The van der Waals surface area contributed by atoms with Gasteiger partial charge in [-0.05, 0) is 24.6 Å². The number of hydrogen-bond donors (Lipinski definition) is 2. The zero-order valence-electron chi connectivity index (χ0n) is 10.1. The Morgan fingerprint density at radius 1 is 1.41 bits per heavy atom. The Morgan fingerprint density at radius 3 is 2.76 bits per heavy atom. The van der Waals surface area contributed by atoms with E-state index in [-0.39, 0.29) is 11.5 Å². The molecule has 0 aromatic heterocycles. The molecule has 0 saturated carbocycles. The number of aromatic hydroxyl groups is 1. The number of carbonyl (C=O) groups excluding carboxylic acids is 1. The van der Waals surface area contributed by atoms with E-state index in [2.05, 4.69) is 10.2 Å². The van der Waals surface area contributed by atoms with Crippen molar-refractivity contribution in [1.29, 1.82) is 0 Å². The second-order valence-electron chi connectivity index (χ2n) is 4.43. The first-order valence-electron chi connectivity index (χ1n) is 5.93. The van der Waals surface area contributed by atoms with Crippen molar-refractivity contribution in [3.05, 3.63) is 29.3 Å². The lowest BCUT2D eigenvalue weighted by Crippen LogP contribution is -2.42. The molecule has 0 amide bonds. The summed E-state index contributed by atoms with van der Waals surface area (Å²) in [7, 11) is 0. The third-order valence-electron chi connectivity index (χ3n) is 3.06. The Bertz CT molecular complexity index is 412. The second kappa shape index (κ2) is 5.29. The molecule has 1 aromatic carbocycles. The maximum atomic E-state index is 11.3. The minimum Gasteiger partial charge on any atom is -0.507 e. The van der Waals surface area contributed by atoms with Crippen molar-refractivity contribution in [2.45, 2.75) is 13.5 Å². The highest BCUT2D eigenvalue weighted by Gasteiger charge is 2.12. The average molecular weight is 234 g/mol. The predicted molar refractivity (Wildman–Crippen MR) is 66.3 cm³/mol. The van der Waals surface area contributed by atoms with Crippen LogP contribution in [0.15, 0.2) is 18.2 Å². The molecule has 2 N–H and O–H groups in total. The summed E-state index contributed by atoms with van der Waals surface area (Å²) < 4.78 is 0. The third-order valence-corrected chi connectivity index (χ3v) is 3.06. The SMILES string of the molecule is CC(=O)c1cc(CN2CCNCC2)ccc1O. The topological polar surface area (TPSA) is 52.6 Å². The maximum Gasteiger partial charge on any atom is 0.163 e. The van der Waals surface area contributed by atoms with E-state index in [1.165, 1.54) is 6.92 Å². The van der Waals surface area contributed by atoms with Crippen LogP contribution in [0.1, 0.15) is 22.8 Å². The van der Waals surface area contributed by atoms with Crippen LogP contribution in [0.5, 0.6) is 5.75 Å². The zero-order chi connectivity index (χ0) is 12.3. The van der Waals surface area contributed by atoms with Crippen LogP contribution < -0.4 is 5.32 Å². The number of piperazine rings is 1. The number of rotatable bonds is 3. The lowest BCUT2D eigenvalue weighted by atomic mass is 10.1. The summed E-state index contributed by atoms with van der Waals surface area (Å²) in [5.74, 6) is -0.0220. The Balaban J connectivity index is 2.10. The van der Waals surface area contributed by atoms with Crippen LogP contribution >= 0.6 is 0 Å². The molecule has 1 fully saturated rings. The van der Waals surface area contributed by atoms with Crippen LogP contribution in [-0.2, 0) is 6.54 Å². The molecule has 2 rings (SSSR count). The number of phenols is 1. The second-order valence-corrected chi connectivity index (χ2v) is 4.43. The maximum absolute atomic E-state index is 11.3. The highest BCUT2D eigenvalue weighted by atomic mass is 16.3. The Kier molecular flexibility index (Phi) is 3.76. The minimum absolute atomic E-state index is 0.0709. The highest BCUT2D eigenvalue weighted by molar-refractivity contribution is 5.96. The van der Waals surface area contributed by atoms with Gasteiger partial charge in [0.05, 0.1) is 5.56 Å². The number of hydrogen-bond acceptors (Lipinski definition) is 4. The van der Waals surface area contributed by atoms with E-state index in [1.807, 2.05) is 6.07 Å². The molecule has 0 bridgehead atoms. The molecule has 1 aliphatic heterocycles. The fourth-order valence-corrected chi connectivity index (χ4v) is 2.09. The van der Waals surface area contributed by atoms with E-state index in [0.29, 0.717) is 5.56 Å². The molecule has 0 unspecified atom stereocenters. The molecule has 0 aliphatic carbocycles. The van der Waals surface area contributed by atoms with Crippen LogP contribution in [0.2, 0.25) is 0 Å². The number of nitrogens with one attached hydrogen (secondary N) is 1. The first-order chi connectivity index (χ1) is 8.16. The number of ketones is 1. The van der Waals surface area contributed by atoms with Crippen LogP contribution in [-0.4, -0.2) is 42.0 Å². The van der Waals surface area contributed by atoms with Gasteiger partial charge in [-0.1, -0.05) is 6.07 Å². The Morgan fingerprint density at radius 2 is 2.12 bits per heavy atom. The lowest BCUT2D eigenvalue weighted by Gasteiger charge is -2.27. The summed E-state index contributed by atoms with van der Waals surface area (Å²) >= 11 is 0. The molecule has 1 aliphatic rings. The summed E-state index contributed by atoms with van der Waals surface area (Å²) in [5, 5.41) is 12.9. The molecule has 1 heterocycles. The Hall–Kier alpha value is -1.39. The molecule has 4 heteroatoms. The van der Waals surface area contributed by atoms with Gasteiger partial charge in [-0.25, -0.2) is 0 Å². The van der Waals surface area contributed by atoms with Crippen molar-refractivity contribution < 1.29 is 9.90 Å². The van der Waals surface area contributed by atoms with Gasteiger partial charge in [-0.3, -0.25) is 9.69 Å². The van der Waals surface area contributed by atoms with Gasteiger partial charge in [0.2, 0.25) is 0 Å². The van der Waals surface area contributed by atoms with Crippen molar-refractivity contribution in [2.24, 2.45) is 0 Å². The number of nitrogens with zero attached hydrogens (tertiary/aromatic N) is 1. The smallest absolute Gasteiger partial charge is 0.163 e. The molecule has 1 aromatic rings. The summed E-state index contributed by atoms with van der Waals surface area (Å²) in [6.45, 7) is 6.38. The first-order valence-corrected chi connectivity index (χ1v) is 5.93. The first kappa shape index (κ1) is 12.1. The summed E-state index contributed by atoms with van der Waals surface area (Å²) in [5.41, 5.74) is 1.49. The molecule has 4 nitrogen and oxygen atoms in total. The quantitative estimate of drug-likeness (QED) is 0.766. The molecular formula is C13H18N2O2. The van der Waals surface area contributed by atoms with Crippen molar-refractivity contribution in [2.75, 3.05) is 26.2 Å². The fraction of sp³-hybridized carbons (Fsp3) is 0.462. The normalized spacial score (nSPS) is 17.0. The third kappa shape index (κ3) is 3.05. The van der Waals surface area contributed by atoms with Crippen LogP contribution in [0.3, 0.4) is 0 Å². The van der Waals surface area contributed by atoms with Gasteiger partial charge in [0.25, 0.3) is 0 Å². The van der Waals surface area contributed by atoms with Crippen molar-refractivity contribution >= 4 is 5.78 Å². The van der Waals surface area contributed by atoms with Gasteiger partial charge >= 0.3 is 0 Å². The van der Waals surface area contributed by atoms with Gasteiger partial charge in [0.1, 0.15) is 5.75 Å². The monoisotopic (exact) mass is 234 g/mol. The van der Waals surface area contributed by atoms with Crippen LogP contribution in [0.4, 0.5) is 0 Å². The van der Waals surface area contributed by atoms with Gasteiger partial charge in [0.15, 0.2) is 5.78 Å². The van der Waals surface area contributed by atoms with Crippen LogP contribution in [0, 0.1) is 0 Å². The number of benzene rings is 1. The van der Waals surface area contributed by atoms with Crippen molar-refractivity contribution in [1.82, 2.24) is 10.2 Å². The number of carbonyl (C=O) groups is 1. The van der Waals surface area contributed by atoms with Crippen molar-refractivity contribution in [3.8, 4) is 5.75 Å². The van der Waals surface area contributed by atoms with E-state index in [0.717, 1.165) is 38.3 Å². The van der Waals surface area contributed by atoms with E-state index in [4.69, 9.17) is 0 Å². The van der Waals surface area contributed by atoms with E-state index >= 15 is 0 Å². The molecule has 1 saturated heterocycles. The Labute approximate surface area is 101 Å². The summed E-state index contributed by atoms with van der Waals surface area (Å²) in [6.07, 6.45) is 0. The standard InChI is InChI=1S/C13H18N2O2/c1-10(16)12-8-11(2-3-13(12)17)9-15-6-4-14-5-7-15/h2-3,8,14,17H,4-7,9H2,1H3. The highest BCUT2D eigenvalue weighted by Crippen LogP contribution is 2.20. The molecule has 17 heavy (non-hydrogen) atoms. The fourth-order valence-electron chi connectivity index (χ4n) is 2.09. The zero-order valence-corrected chi connectivity index (χ0v) is 10.1. The van der Waals surface area contributed by atoms with E-state index in [1.54, 1.807) is 12.1 Å². The molecule has 0 radical (unpaired) electrons. The lowest BCUT2D eigenvalue weighted by molar-refractivity contribution is 0.101. The van der Waals surface area contributed by atoms with E-state index < -0.39 is 0 Å². The van der Waals surface area contributed by atoms with Gasteiger partial charge in [-0.2, -0.15) is 0 Å². The van der Waals surface area contributed by atoms with Gasteiger partial charge in [-0.15, -0.1) is 0 Å². The van der Waals surface area contributed by atoms with E-state index in [9.17, 15) is 9.90 Å². The summed E-state index contributed by atoms with van der Waals surface area (Å²) in [6, 6.07) is 5.28. The minimum atomic E-state index is -0.0929.